The van der Waals surface area contributed by atoms with Gasteiger partial charge in [-0.2, -0.15) is 10.5 Å². The van der Waals surface area contributed by atoms with Gasteiger partial charge in [0.1, 0.15) is 19.7 Å². The highest BCUT2D eigenvalue weighted by molar-refractivity contribution is 6.32. The number of aliphatic hydroxyl groups excluding tert-OH is 1. The summed E-state index contributed by atoms with van der Waals surface area (Å²) in [6, 6.07) is 8.14. The maximum absolute atomic E-state index is 12.1. The first kappa shape index (κ1) is 15.5. The second-order valence-electron chi connectivity index (χ2n) is 3.63. The molecular weight excluding hydrogens is 278 g/mol. The first-order valence-electron chi connectivity index (χ1n) is 5.56. The first-order valence-corrected chi connectivity index (χ1v) is 5.94. The third-order valence-corrected chi connectivity index (χ3v) is 2.64. The van der Waals surface area contributed by atoms with Crippen molar-refractivity contribution in [1.82, 2.24) is 4.90 Å². The van der Waals surface area contributed by atoms with Crippen molar-refractivity contribution >= 4 is 17.5 Å². The summed E-state index contributed by atoms with van der Waals surface area (Å²) in [4.78, 5) is 13.2. The Kier molecular flexibility index (Phi) is 6.07. The van der Waals surface area contributed by atoms with Crippen LogP contribution in [0.25, 0.3) is 0 Å². The number of amides is 1. The topological polar surface area (TPSA) is 88.1 Å². The number of rotatable bonds is 3. The molecule has 0 radical (unpaired) electrons. The minimum atomic E-state index is -0.448. The molecule has 1 amide bonds. The molecule has 0 fully saturated rings. The lowest BCUT2D eigenvalue weighted by molar-refractivity contribution is 0.0794. The highest BCUT2D eigenvalue weighted by Crippen LogP contribution is 2.18. The van der Waals surface area contributed by atoms with Crippen LogP contribution in [0.1, 0.15) is 15.9 Å². The van der Waals surface area contributed by atoms with Gasteiger partial charge >= 0.3 is 0 Å². The lowest BCUT2D eigenvalue weighted by Gasteiger charge is -2.15. The predicted octanol–water partition coefficient (Wildman–Crippen LogP) is 1.17. The molecule has 1 aromatic rings. The summed E-state index contributed by atoms with van der Waals surface area (Å²) in [7, 11) is 0. The van der Waals surface area contributed by atoms with Gasteiger partial charge in [0.15, 0.2) is 0 Å². The molecular formula is C14H10ClN3O2. The maximum Gasteiger partial charge on any atom is 0.255 e. The van der Waals surface area contributed by atoms with Gasteiger partial charge < -0.3 is 10.0 Å². The van der Waals surface area contributed by atoms with E-state index in [1.165, 1.54) is 12.1 Å². The van der Waals surface area contributed by atoms with Crippen molar-refractivity contribution < 1.29 is 9.90 Å². The Hall–Kier alpha value is -2.52. The summed E-state index contributed by atoms with van der Waals surface area (Å²) >= 11 is 5.98. The van der Waals surface area contributed by atoms with E-state index in [0.717, 1.165) is 4.90 Å². The van der Waals surface area contributed by atoms with Crippen molar-refractivity contribution in [3.8, 4) is 24.0 Å². The Morgan fingerprint density at radius 3 is 2.45 bits per heavy atom. The lowest BCUT2D eigenvalue weighted by Crippen LogP contribution is -2.31. The van der Waals surface area contributed by atoms with Gasteiger partial charge in [0, 0.05) is 11.1 Å². The van der Waals surface area contributed by atoms with E-state index in [1.54, 1.807) is 6.07 Å². The van der Waals surface area contributed by atoms with Crippen LogP contribution >= 0.6 is 11.6 Å². The number of nitrogens with zero attached hydrogens (tertiary/aromatic N) is 3. The first-order chi connectivity index (χ1) is 9.63. The molecule has 20 heavy (non-hydrogen) atoms. The van der Waals surface area contributed by atoms with Crippen LogP contribution in [0.15, 0.2) is 18.2 Å². The van der Waals surface area contributed by atoms with E-state index in [-0.39, 0.29) is 30.3 Å². The fraction of sp³-hybridized carbons (Fsp3) is 0.214. The van der Waals surface area contributed by atoms with Gasteiger partial charge in [0.2, 0.25) is 0 Å². The average molecular weight is 288 g/mol. The summed E-state index contributed by atoms with van der Waals surface area (Å²) in [5.41, 5.74) is 0.763. The molecule has 1 aromatic carbocycles. The molecule has 0 aromatic heterocycles. The molecule has 0 bridgehead atoms. The van der Waals surface area contributed by atoms with E-state index < -0.39 is 5.91 Å². The number of hydrogen-bond donors (Lipinski definition) is 1. The molecule has 0 saturated heterocycles. The van der Waals surface area contributed by atoms with Crippen molar-refractivity contribution in [2.24, 2.45) is 0 Å². The van der Waals surface area contributed by atoms with Crippen LogP contribution in [0.3, 0.4) is 0 Å². The number of aliphatic hydroxyl groups is 1. The standard InChI is InChI=1S/C14H10ClN3O2/c15-13-10-12(4-3-11(13)2-1-9-19)14(20)18(7-5-16)8-6-17/h3-4,10,19H,7-9H2. The molecule has 0 aliphatic heterocycles. The van der Waals surface area contributed by atoms with E-state index in [2.05, 4.69) is 11.8 Å². The normalized spacial score (nSPS) is 8.80. The van der Waals surface area contributed by atoms with Crippen LogP contribution in [-0.2, 0) is 0 Å². The van der Waals surface area contributed by atoms with Crippen molar-refractivity contribution in [3.05, 3.63) is 34.3 Å². The number of benzene rings is 1. The molecule has 0 unspecified atom stereocenters. The van der Waals surface area contributed by atoms with E-state index in [0.29, 0.717) is 5.56 Å². The monoisotopic (exact) mass is 287 g/mol. The average Bonchev–Trinajstić information content (AvgIpc) is 2.45. The predicted molar refractivity (Wildman–Crippen MR) is 72.5 cm³/mol. The zero-order valence-corrected chi connectivity index (χ0v) is 11.2. The largest absolute Gasteiger partial charge is 0.384 e. The molecule has 0 spiro atoms. The van der Waals surface area contributed by atoms with Gasteiger partial charge in [-0.3, -0.25) is 4.79 Å². The molecule has 1 rings (SSSR count). The Morgan fingerprint density at radius 1 is 1.30 bits per heavy atom. The SMILES string of the molecule is N#CCN(CC#N)C(=O)c1ccc(C#CCO)c(Cl)c1. The smallest absolute Gasteiger partial charge is 0.255 e. The van der Waals surface area contributed by atoms with Gasteiger partial charge in [0.05, 0.1) is 17.2 Å². The molecule has 0 aliphatic carbocycles. The van der Waals surface area contributed by atoms with Crippen LogP contribution < -0.4 is 0 Å². The van der Waals surface area contributed by atoms with Crippen LogP contribution in [0, 0.1) is 34.5 Å². The number of nitriles is 2. The van der Waals surface area contributed by atoms with Crippen molar-refractivity contribution in [2.75, 3.05) is 19.7 Å². The highest BCUT2D eigenvalue weighted by Gasteiger charge is 2.16. The van der Waals surface area contributed by atoms with E-state index in [4.69, 9.17) is 27.2 Å². The van der Waals surface area contributed by atoms with Crippen molar-refractivity contribution in [2.45, 2.75) is 0 Å². The fourth-order valence-electron chi connectivity index (χ4n) is 1.44. The van der Waals surface area contributed by atoms with Crippen LogP contribution in [0.2, 0.25) is 5.02 Å². The van der Waals surface area contributed by atoms with Crippen LogP contribution in [-0.4, -0.2) is 35.6 Å². The number of hydrogen-bond acceptors (Lipinski definition) is 4. The fourth-order valence-corrected chi connectivity index (χ4v) is 1.66. The second-order valence-corrected chi connectivity index (χ2v) is 4.04. The van der Waals surface area contributed by atoms with Gasteiger partial charge in [-0.25, -0.2) is 0 Å². The van der Waals surface area contributed by atoms with E-state index in [9.17, 15) is 4.79 Å². The molecule has 0 aliphatic rings. The van der Waals surface area contributed by atoms with Gasteiger partial charge in [-0.05, 0) is 18.2 Å². The molecule has 5 nitrogen and oxygen atoms in total. The van der Waals surface area contributed by atoms with E-state index >= 15 is 0 Å². The van der Waals surface area contributed by atoms with Crippen LogP contribution in [0.4, 0.5) is 0 Å². The van der Waals surface area contributed by atoms with Gasteiger partial charge in [-0.1, -0.05) is 23.4 Å². The van der Waals surface area contributed by atoms with Gasteiger partial charge in [0.25, 0.3) is 5.91 Å². The maximum atomic E-state index is 12.1. The zero-order chi connectivity index (χ0) is 15.0. The molecule has 6 heteroatoms. The third-order valence-electron chi connectivity index (χ3n) is 2.33. The summed E-state index contributed by atoms with van der Waals surface area (Å²) in [6.45, 7) is -0.624. The van der Waals surface area contributed by atoms with Crippen LogP contribution in [0.5, 0.6) is 0 Å². The minimum absolute atomic E-state index is 0.171. The summed E-state index contributed by atoms with van der Waals surface area (Å²) in [5, 5.41) is 26.1. The quantitative estimate of drug-likeness (QED) is 0.668. The summed E-state index contributed by atoms with van der Waals surface area (Å²) in [6.07, 6.45) is 0. The Balaban J connectivity index is 3.03. The Morgan fingerprint density at radius 2 is 1.95 bits per heavy atom. The second kappa shape index (κ2) is 7.81. The zero-order valence-electron chi connectivity index (χ0n) is 10.4. The Bertz CT molecular complexity index is 631. The molecule has 0 atom stereocenters. The number of carbonyl (C=O) groups excluding carboxylic acids is 1. The lowest BCUT2D eigenvalue weighted by atomic mass is 10.1. The summed E-state index contributed by atoms with van der Waals surface area (Å²) in [5.74, 6) is 4.66. The number of carbonyl (C=O) groups is 1. The Labute approximate surface area is 121 Å². The van der Waals surface area contributed by atoms with Gasteiger partial charge in [-0.15, -0.1) is 0 Å². The molecule has 0 heterocycles. The third kappa shape index (κ3) is 4.00. The minimum Gasteiger partial charge on any atom is -0.384 e. The summed E-state index contributed by atoms with van der Waals surface area (Å²) < 4.78 is 0. The number of halogens is 1. The molecule has 1 N–H and O–H groups in total. The molecule has 100 valence electrons. The van der Waals surface area contributed by atoms with Crippen molar-refractivity contribution in [1.29, 1.82) is 10.5 Å². The molecule has 0 saturated carbocycles. The highest BCUT2D eigenvalue weighted by atomic mass is 35.5. The van der Waals surface area contributed by atoms with Crippen molar-refractivity contribution in [3.63, 3.8) is 0 Å². The van der Waals surface area contributed by atoms with E-state index in [1.807, 2.05) is 12.1 Å².